The highest BCUT2D eigenvalue weighted by Crippen LogP contribution is 2.36. The maximum absolute atomic E-state index is 12.6. The Labute approximate surface area is 145 Å². The van der Waals surface area contributed by atoms with Crippen LogP contribution < -0.4 is 8.92 Å². The van der Waals surface area contributed by atoms with Crippen molar-refractivity contribution < 1.29 is 30.5 Å². The van der Waals surface area contributed by atoms with Crippen LogP contribution in [0, 0.1) is 0 Å². The number of fused-ring (bicyclic) bond motifs is 1. The zero-order chi connectivity index (χ0) is 18.7. The average molecular weight is 379 g/mol. The monoisotopic (exact) mass is 379 g/mol. The fourth-order valence-corrected chi connectivity index (χ4v) is 3.20. The molecule has 140 valence electrons. The predicted octanol–water partition coefficient (Wildman–Crippen LogP) is 3.12. The maximum atomic E-state index is 12.6. The summed E-state index contributed by atoms with van der Waals surface area (Å²) in [5.74, 6) is -0.0178. The Bertz CT molecular complexity index is 719. The third kappa shape index (κ3) is 4.46. The Balaban J connectivity index is 2.30. The van der Waals surface area contributed by atoms with E-state index >= 15 is 0 Å². The number of nitrogens with zero attached hydrogens (tertiary/aromatic N) is 1. The van der Waals surface area contributed by atoms with Gasteiger partial charge in [-0.2, -0.15) is 21.6 Å². The van der Waals surface area contributed by atoms with E-state index in [1.165, 1.54) is 12.1 Å². The molecule has 9 heteroatoms. The van der Waals surface area contributed by atoms with Crippen molar-refractivity contribution in [1.82, 2.24) is 4.90 Å². The van der Waals surface area contributed by atoms with Gasteiger partial charge in [-0.25, -0.2) is 0 Å². The number of ether oxygens (including phenoxy) is 1. The van der Waals surface area contributed by atoms with Crippen LogP contribution in [0.15, 0.2) is 30.9 Å². The standard InChI is InChI=1S/C16H20F3NO4S/c1-3-8-20(9-4-2)12-10-13-14(23-11-12)6-5-7-15(13)24-25(21,22)16(17,18)19/h3,5-7,12H,1,4,8-11H2,2H3. The molecule has 2 rings (SSSR count). The van der Waals surface area contributed by atoms with Crippen LogP contribution in [0.3, 0.4) is 0 Å². The highest BCUT2D eigenvalue weighted by Gasteiger charge is 2.49. The van der Waals surface area contributed by atoms with Gasteiger partial charge in [-0.15, -0.1) is 6.58 Å². The van der Waals surface area contributed by atoms with Crippen molar-refractivity contribution in [2.45, 2.75) is 31.3 Å². The molecule has 25 heavy (non-hydrogen) atoms. The van der Waals surface area contributed by atoms with Crippen molar-refractivity contribution in [1.29, 1.82) is 0 Å². The van der Waals surface area contributed by atoms with Crippen LogP contribution >= 0.6 is 0 Å². The zero-order valence-electron chi connectivity index (χ0n) is 13.8. The lowest BCUT2D eigenvalue weighted by molar-refractivity contribution is -0.0500. The van der Waals surface area contributed by atoms with Gasteiger partial charge in [-0.3, -0.25) is 4.90 Å². The molecule has 5 nitrogen and oxygen atoms in total. The van der Waals surface area contributed by atoms with Gasteiger partial charge in [0.25, 0.3) is 0 Å². The van der Waals surface area contributed by atoms with Gasteiger partial charge < -0.3 is 8.92 Å². The van der Waals surface area contributed by atoms with Crippen LogP contribution in [0.4, 0.5) is 13.2 Å². The van der Waals surface area contributed by atoms with Gasteiger partial charge in [0, 0.05) is 18.2 Å². The van der Waals surface area contributed by atoms with Crippen LogP contribution in [0.2, 0.25) is 0 Å². The first-order valence-corrected chi connectivity index (χ1v) is 9.20. The number of halogens is 3. The largest absolute Gasteiger partial charge is 0.534 e. The highest BCUT2D eigenvalue weighted by molar-refractivity contribution is 7.88. The topological polar surface area (TPSA) is 55.8 Å². The van der Waals surface area contributed by atoms with Crippen molar-refractivity contribution in [2.75, 3.05) is 19.7 Å². The number of hydrogen-bond acceptors (Lipinski definition) is 5. The minimum Gasteiger partial charge on any atom is -0.492 e. The van der Waals surface area contributed by atoms with Gasteiger partial charge in [0.2, 0.25) is 0 Å². The summed E-state index contributed by atoms with van der Waals surface area (Å²) in [6.45, 7) is 7.43. The molecule has 0 saturated carbocycles. The Morgan fingerprint density at radius 1 is 1.44 bits per heavy atom. The molecule has 0 aromatic heterocycles. The first-order valence-electron chi connectivity index (χ1n) is 7.80. The molecule has 0 fully saturated rings. The Morgan fingerprint density at radius 3 is 2.76 bits per heavy atom. The lowest BCUT2D eigenvalue weighted by atomic mass is 10.00. The van der Waals surface area contributed by atoms with E-state index in [4.69, 9.17) is 4.74 Å². The number of hydrogen-bond donors (Lipinski definition) is 0. The van der Waals surface area contributed by atoms with Crippen LogP contribution in [0.25, 0.3) is 0 Å². The van der Waals surface area contributed by atoms with Crippen LogP contribution in [0.5, 0.6) is 11.5 Å². The molecule has 0 N–H and O–H groups in total. The highest BCUT2D eigenvalue weighted by atomic mass is 32.2. The summed E-state index contributed by atoms with van der Waals surface area (Å²) in [4.78, 5) is 2.09. The second kappa shape index (κ2) is 7.65. The molecule has 0 spiro atoms. The lowest BCUT2D eigenvalue weighted by Gasteiger charge is -2.34. The molecule has 1 heterocycles. The normalized spacial score (nSPS) is 17.7. The van der Waals surface area contributed by atoms with Crippen LogP contribution in [-0.2, 0) is 16.5 Å². The van der Waals surface area contributed by atoms with E-state index < -0.39 is 15.6 Å². The van der Waals surface area contributed by atoms with Crippen LogP contribution in [-0.4, -0.2) is 44.6 Å². The van der Waals surface area contributed by atoms with Crippen molar-refractivity contribution >= 4 is 10.1 Å². The summed E-state index contributed by atoms with van der Waals surface area (Å²) in [5.41, 5.74) is -5.17. The molecule has 1 aliphatic heterocycles. The smallest absolute Gasteiger partial charge is 0.492 e. The minimum atomic E-state index is -5.73. The molecule has 1 aliphatic rings. The quantitative estimate of drug-likeness (QED) is 0.414. The molecular formula is C16H20F3NO4S. The number of benzene rings is 1. The molecule has 1 aromatic carbocycles. The van der Waals surface area contributed by atoms with Crippen LogP contribution in [0.1, 0.15) is 18.9 Å². The Morgan fingerprint density at radius 2 is 2.16 bits per heavy atom. The summed E-state index contributed by atoms with van der Waals surface area (Å²) in [7, 11) is -5.73. The summed E-state index contributed by atoms with van der Waals surface area (Å²) < 4.78 is 70.4. The molecule has 0 amide bonds. The van der Waals surface area contributed by atoms with E-state index in [-0.39, 0.29) is 11.8 Å². The third-order valence-electron chi connectivity index (χ3n) is 3.83. The first kappa shape index (κ1) is 19.6. The molecule has 0 bridgehead atoms. The van der Waals surface area contributed by atoms with Crippen molar-refractivity contribution in [2.24, 2.45) is 0 Å². The lowest BCUT2D eigenvalue weighted by Crippen LogP contribution is -2.43. The van der Waals surface area contributed by atoms with Gasteiger partial charge >= 0.3 is 15.6 Å². The third-order valence-corrected chi connectivity index (χ3v) is 4.80. The van der Waals surface area contributed by atoms with E-state index in [2.05, 4.69) is 15.7 Å². The van der Waals surface area contributed by atoms with E-state index in [1.54, 1.807) is 12.1 Å². The summed E-state index contributed by atoms with van der Waals surface area (Å²) in [5, 5.41) is 0. The van der Waals surface area contributed by atoms with Crippen molar-refractivity contribution in [3.63, 3.8) is 0 Å². The van der Waals surface area contributed by atoms with Gasteiger partial charge in [0.1, 0.15) is 18.1 Å². The second-order valence-corrected chi connectivity index (χ2v) is 7.21. The number of alkyl halides is 3. The SMILES string of the molecule is C=CCN(CCC)C1COc2cccc(OS(=O)(=O)C(F)(F)F)c2C1. The summed E-state index contributed by atoms with van der Waals surface area (Å²) >= 11 is 0. The van der Waals surface area contributed by atoms with E-state index in [1.807, 2.05) is 6.92 Å². The van der Waals surface area contributed by atoms with Gasteiger partial charge in [-0.1, -0.05) is 19.1 Å². The van der Waals surface area contributed by atoms with E-state index in [0.29, 0.717) is 30.9 Å². The van der Waals surface area contributed by atoms with Gasteiger partial charge in [0.05, 0.1) is 0 Å². The first-order chi connectivity index (χ1) is 11.7. The van der Waals surface area contributed by atoms with E-state index in [0.717, 1.165) is 13.0 Å². The molecule has 1 atom stereocenters. The maximum Gasteiger partial charge on any atom is 0.534 e. The molecule has 0 aliphatic carbocycles. The summed E-state index contributed by atoms with van der Waals surface area (Å²) in [6.07, 6.45) is 2.95. The fraction of sp³-hybridized carbons (Fsp3) is 0.500. The zero-order valence-corrected chi connectivity index (χ0v) is 14.6. The Kier molecular flexibility index (Phi) is 5.99. The van der Waals surface area contributed by atoms with Crippen molar-refractivity contribution in [3.05, 3.63) is 36.4 Å². The van der Waals surface area contributed by atoms with E-state index in [9.17, 15) is 21.6 Å². The fourth-order valence-electron chi connectivity index (χ4n) is 2.72. The summed E-state index contributed by atoms with van der Waals surface area (Å²) in [6, 6.07) is 4.07. The number of rotatable bonds is 7. The minimum absolute atomic E-state index is 0.108. The molecule has 1 aromatic rings. The average Bonchev–Trinajstić information content (AvgIpc) is 2.53. The molecular weight excluding hydrogens is 359 g/mol. The van der Waals surface area contributed by atoms with Gasteiger partial charge in [-0.05, 0) is 31.5 Å². The molecule has 0 saturated heterocycles. The van der Waals surface area contributed by atoms with Gasteiger partial charge in [0.15, 0.2) is 0 Å². The van der Waals surface area contributed by atoms with Crippen molar-refractivity contribution in [3.8, 4) is 11.5 Å². The second-order valence-electron chi connectivity index (χ2n) is 5.67. The molecule has 0 radical (unpaired) electrons. The molecule has 1 unspecified atom stereocenters. The predicted molar refractivity (Wildman–Crippen MR) is 87.1 cm³/mol. The Hall–Kier alpha value is -1.74.